The zero-order valence-electron chi connectivity index (χ0n) is 13.7. The Kier molecular flexibility index (Phi) is 5.36. The van der Waals surface area contributed by atoms with Crippen molar-refractivity contribution in [2.24, 2.45) is 0 Å². The average Bonchev–Trinajstić information content (AvgIpc) is 2.92. The van der Waals surface area contributed by atoms with E-state index in [4.69, 9.17) is 4.74 Å². The van der Waals surface area contributed by atoms with Gasteiger partial charge in [-0.3, -0.25) is 19.8 Å². The van der Waals surface area contributed by atoms with Crippen LogP contribution in [0.5, 0.6) is 0 Å². The largest absolute Gasteiger partial charge is 0.439 e. The van der Waals surface area contributed by atoms with E-state index in [1.54, 1.807) is 0 Å². The van der Waals surface area contributed by atoms with Crippen molar-refractivity contribution in [3.05, 3.63) is 35.4 Å². The van der Waals surface area contributed by atoms with Crippen molar-refractivity contribution in [2.45, 2.75) is 45.8 Å². The molecule has 3 rings (SSSR count). The number of cyclic esters (lactones) is 1. The van der Waals surface area contributed by atoms with Crippen LogP contribution in [0.3, 0.4) is 0 Å². The van der Waals surface area contributed by atoms with Crippen molar-refractivity contribution < 1.29 is 19.1 Å². The number of piperidine rings is 1. The van der Waals surface area contributed by atoms with E-state index in [0.29, 0.717) is 13.0 Å². The number of nitrogens with one attached hydrogen (secondary N) is 1. The van der Waals surface area contributed by atoms with E-state index in [0.717, 1.165) is 11.1 Å². The standard InChI is InChI=1S/C15H16N2O4.C2H6/c1-9-2-4-10(5-3-9)12-8-17(15(20)21-12)11-6-7-13(18)16-14(11)19;1-2/h2-5,11-12H,6-8H2,1H3,(H,16,18,19);1-2H3. The fourth-order valence-corrected chi connectivity index (χ4v) is 2.67. The van der Waals surface area contributed by atoms with Crippen LogP contribution < -0.4 is 5.32 Å². The third-order valence-electron chi connectivity index (χ3n) is 3.88. The average molecular weight is 318 g/mol. The van der Waals surface area contributed by atoms with Gasteiger partial charge in [0.2, 0.25) is 11.8 Å². The number of benzene rings is 1. The van der Waals surface area contributed by atoms with Crippen LogP contribution in [0.15, 0.2) is 24.3 Å². The van der Waals surface area contributed by atoms with Gasteiger partial charge in [-0.2, -0.15) is 0 Å². The summed E-state index contributed by atoms with van der Waals surface area (Å²) in [5.74, 6) is -0.716. The summed E-state index contributed by atoms with van der Waals surface area (Å²) in [7, 11) is 0. The summed E-state index contributed by atoms with van der Waals surface area (Å²) >= 11 is 0. The second kappa shape index (κ2) is 7.26. The van der Waals surface area contributed by atoms with Gasteiger partial charge in [0.25, 0.3) is 0 Å². The Balaban J connectivity index is 0.000000924. The van der Waals surface area contributed by atoms with Crippen molar-refractivity contribution in [2.75, 3.05) is 6.54 Å². The number of amides is 3. The van der Waals surface area contributed by atoms with E-state index in [2.05, 4.69) is 5.32 Å². The maximum Gasteiger partial charge on any atom is 0.411 e. The van der Waals surface area contributed by atoms with E-state index >= 15 is 0 Å². The van der Waals surface area contributed by atoms with Gasteiger partial charge in [-0.25, -0.2) is 4.79 Å². The van der Waals surface area contributed by atoms with E-state index in [1.807, 2.05) is 45.0 Å². The van der Waals surface area contributed by atoms with Gasteiger partial charge in [-0.1, -0.05) is 43.7 Å². The van der Waals surface area contributed by atoms with Crippen molar-refractivity contribution in [1.82, 2.24) is 10.2 Å². The predicted molar refractivity (Wildman–Crippen MR) is 84.6 cm³/mol. The molecule has 0 spiro atoms. The van der Waals surface area contributed by atoms with Crippen molar-refractivity contribution in [3.8, 4) is 0 Å². The summed E-state index contributed by atoms with van der Waals surface area (Å²) in [5, 5.41) is 2.26. The van der Waals surface area contributed by atoms with Crippen molar-refractivity contribution in [3.63, 3.8) is 0 Å². The molecule has 0 bridgehead atoms. The Hall–Kier alpha value is -2.37. The quantitative estimate of drug-likeness (QED) is 0.849. The Bertz CT molecular complexity index is 597. The molecule has 6 heteroatoms. The topological polar surface area (TPSA) is 75.7 Å². The molecule has 1 N–H and O–H groups in total. The van der Waals surface area contributed by atoms with E-state index < -0.39 is 18.0 Å². The first-order chi connectivity index (χ1) is 11.0. The lowest BCUT2D eigenvalue weighted by Gasteiger charge is -2.27. The Morgan fingerprint density at radius 2 is 1.78 bits per heavy atom. The summed E-state index contributed by atoms with van der Waals surface area (Å²) < 4.78 is 5.35. The summed E-state index contributed by atoms with van der Waals surface area (Å²) in [6.07, 6.45) is -0.283. The molecule has 0 aliphatic carbocycles. The fourth-order valence-electron chi connectivity index (χ4n) is 2.67. The molecule has 1 aromatic rings. The van der Waals surface area contributed by atoms with Gasteiger partial charge in [0.1, 0.15) is 12.1 Å². The molecule has 1 aromatic carbocycles. The highest BCUT2D eigenvalue weighted by Crippen LogP contribution is 2.29. The van der Waals surface area contributed by atoms with Gasteiger partial charge in [0.15, 0.2) is 0 Å². The highest BCUT2D eigenvalue weighted by molar-refractivity contribution is 6.01. The molecule has 6 nitrogen and oxygen atoms in total. The highest BCUT2D eigenvalue weighted by Gasteiger charge is 2.41. The zero-order chi connectivity index (χ0) is 17.0. The molecule has 2 aliphatic rings. The first-order valence-electron chi connectivity index (χ1n) is 7.92. The predicted octanol–water partition coefficient (Wildman–Crippen LogP) is 2.32. The van der Waals surface area contributed by atoms with Gasteiger partial charge in [0, 0.05) is 6.42 Å². The number of aryl methyl sites for hydroxylation is 1. The smallest absolute Gasteiger partial charge is 0.411 e. The van der Waals surface area contributed by atoms with E-state index in [1.165, 1.54) is 4.90 Å². The van der Waals surface area contributed by atoms with Gasteiger partial charge >= 0.3 is 6.09 Å². The minimum Gasteiger partial charge on any atom is -0.439 e. The summed E-state index contributed by atoms with van der Waals surface area (Å²) in [4.78, 5) is 36.4. The summed E-state index contributed by atoms with van der Waals surface area (Å²) in [6, 6.07) is 7.13. The number of hydrogen-bond acceptors (Lipinski definition) is 4. The molecule has 2 aliphatic heterocycles. The molecule has 124 valence electrons. The SMILES string of the molecule is CC.Cc1ccc(C2CN(C3CCC(=O)NC3=O)C(=O)O2)cc1. The minimum absolute atomic E-state index is 0.245. The maximum absolute atomic E-state index is 12.0. The molecular weight excluding hydrogens is 296 g/mol. The van der Waals surface area contributed by atoms with Gasteiger partial charge in [-0.05, 0) is 18.9 Å². The molecule has 2 fully saturated rings. The summed E-state index contributed by atoms with van der Waals surface area (Å²) in [6.45, 7) is 6.31. The molecule has 23 heavy (non-hydrogen) atoms. The molecule has 2 saturated heterocycles. The third-order valence-corrected chi connectivity index (χ3v) is 3.88. The Labute approximate surface area is 135 Å². The van der Waals surface area contributed by atoms with Crippen LogP contribution in [0.25, 0.3) is 0 Å². The second-order valence-corrected chi connectivity index (χ2v) is 5.40. The van der Waals surface area contributed by atoms with Gasteiger partial charge in [0.05, 0.1) is 6.54 Å². The zero-order valence-corrected chi connectivity index (χ0v) is 13.7. The number of nitrogens with zero attached hydrogens (tertiary/aromatic N) is 1. The molecule has 2 heterocycles. The first-order valence-corrected chi connectivity index (χ1v) is 7.92. The summed E-state index contributed by atoms with van der Waals surface area (Å²) in [5.41, 5.74) is 2.04. The highest BCUT2D eigenvalue weighted by atomic mass is 16.6. The van der Waals surface area contributed by atoms with Crippen LogP contribution in [0.4, 0.5) is 4.79 Å². The van der Waals surface area contributed by atoms with Crippen molar-refractivity contribution in [1.29, 1.82) is 0 Å². The molecule has 0 aromatic heterocycles. The number of rotatable bonds is 2. The first kappa shape index (κ1) is 17.0. The number of carbonyl (C=O) groups is 3. The lowest BCUT2D eigenvalue weighted by Crippen LogP contribution is -2.52. The number of hydrogen-bond donors (Lipinski definition) is 1. The number of imide groups is 1. The van der Waals surface area contributed by atoms with Gasteiger partial charge < -0.3 is 4.74 Å². The van der Waals surface area contributed by atoms with Crippen LogP contribution in [-0.4, -0.2) is 35.4 Å². The lowest BCUT2D eigenvalue weighted by molar-refractivity contribution is -0.136. The Morgan fingerprint density at radius 3 is 2.39 bits per heavy atom. The van der Waals surface area contributed by atoms with Crippen LogP contribution in [0, 0.1) is 6.92 Å². The third kappa shape index (κ3) is 3.70. The molecule has 3 amide bonds. The van der Waals surface area contributed by atoms with Crippen LogP contribution >= 0.6 is 0 Å². The second-order valence-electron chi connectivity index (χ2n) is 5.40. The molecular formula is C17H22N2O4. The van der Waals surface area contributed by atoms with Crippen molar-refractivity contribution >= 4 is 17.9 Å². The van der Waals surface area contributed by atoms with E-state index in [-0.39, 0.29) is 18.4 Å². The number of ether oxygens (including phenoxy) is 1. The lowest BCUT2D eigenvalue weighted by atomic mass is 10.0. The fraction of sp³-hybridized carbons (Fsp3) is 0.471. The van der Waals surface area contributed by atoms with E-state index in [9.17, 15) is 14.4 Å². The van der Waals surface area contributed by atoms with Gasteiger partial charge in [-0.15, -0.1) is 0 Å². The normalized spacial score (nSPS) is 23.8. The number of carbonyl (C=O) groups excluding carboxylic acids is 3. The molecule has 0 saturated carbocycles. The van der Waals surface area contributed by atoms with Crippen LogP contribution in [0.1, 0.15) is 43.9 Å². The van der Waals surface area contributed by atoms with Crippen LogP contribution in [-0.2, 0) is 14.3 Å². The Morgan fingerprint density at radius 1 is 1.13 bits per heavy atom. The monoisotopic (exact) mass is 318 g/mol. The molecule has 2 atom stereocenters. The maximum atomic E-state index is 12.0. The molecule has 2 unspecified atom stereocenters. The molecule has 0 radical (unpaired) electrons. The minimum atomic E-state index is -0.620. The van der Waals surface area contributed by atoms with Crippen LogP contribution in [0.2, 0.25) is 0 Å².